The van der Waals surface area contributed by atoms with Gasteiger partial charge in [0.1, 0.15) is 0 Å². The van der Waals surface area contributed by atoms with Crippen molar-refractivity contribution in [2.24, 2.45) is 0 Å². The van der Waals surface area contributed by atoms with E-state index < -0.39 is 0 Å². The topological polar surface area (TPSA) is 44.5 Å². The minimum absolute atomic E-state index is 0.578. The Morgan fingerprint density at radius 2 is 1.65 bits per heavy atom. The molecule has 0 atom stereocenters. The van der Waals surface area contributed by atoms with Crippen LogP contribution in [0.1, 0.15) is 13.8 Å². The largest absolute Gasteiger partial charge is 0.490 e. The van der Waals surface area contributed by atoms with E-state index in [1.165, 1.54) is 0 Å². The van der Waals surface area contributed by atoms with Gasteiger partial charge < -0.3 is 15.2 Å². The fourth-order valence-corrected chi connectivity index (χ4v) is 2.17. The predicted octanol–water partition coefficient (Wildman–Crippen LogP) is 4.39. The Hall–Kier alpha value is -1.87. The summed E-state index contributed by atoms with van der Waals surface area (Å²) in [6, 6.07) is 11.2. The lowest BCUT2D eigenvalue weighted by molar-refractivity contribution is 0.288. The van der Waals surface area contributed by atoms with Crippen LogP contribution >= 0.6 is 11.6 Å². The van der Waals surface area contributed by atoms with Gasteiger partial charge in [0.2, 0.25) is 0 Å². The van der Waals surface area contributed by atoms with Gasteiger partial charge in [0.05, 0.1) is 13.2 Å². The van der Waals surface area contributed by atoms with Crippen molar-refractivity contribution in [3.8, 4) is 22.6 Å². The summed E-state index contributed by atoms with van der Waals surface area (Å²) in [5, 5.41) is 0.654. The second-order valence-electron chi connectivity index (χ2n) is 4.26. The molecule has 0 saturated carbocycles. The molecule has 0 aliphatic rings. The Labute approximate surface area is 124 Å². The summed E-state index contributed by atoms with van der Waals surface area (Å²) in [7, 11) is 0. The Kier molecular flexibility index (Phi) is 4.74. The second-order valence-corrected chi connectivity index (χ2v) is 4.70. The van der Waals surface area contributed by atoms with Crippen LogP contribution in [0.15, 0.2) is 36.4 Å². The minimum Gasteiger partial charge on any atom is -0.490 e. The molecule has 0 heterocycles. The summed E-state index contributed by atoms with van der Waals surface area (Å²) in [6.07, 6.45) is 0. The lowest BCUT2D eigenvalue weighted by Gasteiger charge is -2.13. The standard InChI is InChI=1S/C16H18ClNO2/c1-3-19-15-8-5-11(9-16(15)20-4-2)13-10-12(17)6-7-14(13)18/h5-10H,3-4,18H2,1-2H3. The van der Waals surface area contributed by atoms with Crippen LogP contribution in [0.2, 0.25) is 5.02 Å². The SMILES string of the molecule is CCOc1ccc(-c2cc(Cl)ccc2N)cc1OCC. The molecule has 0 amide bonds. The van der Waals surface area contributed by atoms with Crippen molar-refractivity contribution in [2.45, 2.75) is 13.8 Å². The number of benzene rings is 2. The summed E-state index contributed by atoms with van der Waals surface area (Å²) in [6.45, 7) is 5.06. The fraction of sp³-hybridized carbons (Fsp3) is 0.250. The van der Waals surface area contributed by atoms with Crippen molar-refractivity contribution in [2.75, 3.05) is 18.9 Å². The minimum atomic E-state index is 0.578. The number of ether oxygens (including phenoxy) is 2. The third-order valence-electron chi connectivity index (χ3n) is 2.87. The Bertz CT molecular complexity index is 599. The van der Waals surface area contributed by atoms with Crippen LogP contribution in [0.3, 0.4) is 0 Å². The average molecular weight is 292 g/mol. The molecule has 20 heavy (non-hydrogen) atoms. The first-order chi connectivity index (χ1) is 9.65. The zero-order chi connectivity index (χ0) is 14.5. The quantitative estimate of drug-likeness (QED) is 0.831. The summed E-state index contributed by atoms with van der Waals surface area (Å²) in [5.41, 5.74) is 8.54. The fourth-order valence-electron chi connectivity index (χ4n) is 2.00. The van der Waals surface area contributed by atoms with Gasteiger partial charge >= 0.3 is 0 Å². The van der Waals surface area contributed by atoms with E-state index in [1.54, 1.807) is 12.1 Å². The summed E-state index contributed by atoms with van der Waals surface area (Å²) < 4.78 is 11.2. The zero-order valence-corrected chi connectivity index (χ0v) is 12.4. The maximum Gasteiger partial charge on any atom is 0.161 e. The van der Waals surface area contributed by atoms with Crippen LogP contribution in [0.5, 0.6) is 11.5 Å². The van der Waals surface area contributed by atoms with E-state index in [9.17, 15) is 0 Å². The summed E-state index contributed by atoms with van der Waals surface area (Å²) in [5.74, 6) is 1.45. The average Bonchev–Trinajstić information content (AvgIpc) is 2.44. The van der Waals surface area contributed by atoms with Crippen LogP contribution in [-0.2, 0) is 0 Å². The van der Waals surface area contributed by atoms with Crippen molar-refractivity contribution >= 4 is 17.3 Å². The molecular weight excluding hydrogens is 274 g/mol. The van der Waals surface area contributed by atoms with Crippen molar-refractivity contribution in [3.05, 3.63) is 41.4 Å². The molecule has 3 nitrogen and oxygen atoms in total. The summed E-state index contributed by atoms with van der Waals surface area (Å²) in [4.78, 5) is 0. The van der Waals surface area contributed by atoms with Gasteiger partial charge in [-0.2, -0.15) is 0 Å². The molecule has 0 bridgehead atoms. The van der Waals surface area contributed by atoms with Gasteiger partial charge in [-0.15, -0.1) is 0 Å². The normalized spacial score (nSPS) is 10.3. The third kappa shape index (κ3) is 3.17. The highest BCUT2D eigenvalue weighted by molar-refractivity contribution is 6.31. The molecule has 0 fully saturated rings. The monoisotopic (exact) mass is 291 g/mol. The highest BCUT2D eigenvalue weighted by Gasteiger charge is 2.09. The maximum absolute atomic E-state index is 6.04. The molecule has 2 aromatic carbocycles. The lowest BCUT2D eigenvalue weighted by atomic mass is 10.0. The van der Waals surface area contributed by atoms with E-state index in [0.29, 0.717) is 29.7 Å². The van der Waals surface area contributed by atoms with Gasteiger partial charge in [-0.25, -0.2) is 0 Å². The van der Waals surface area contributed by atoms with E-state index in [0.717, 1.165) is 16.9 Å². The van der Waals surface area contributed by atoms with Gasteiger partial charge in [0.25, 0.3) is 0 Å². The molecule has 0 aliphatic carbocycles. The van der Waals surface area contributed by atoms with Crippen LogP contribution in [0.4, 0.5) is 5.69 Å². The second kappa shape index (κ2) is 6.53. The first-order valence-corrected chi connectivity index (χ1v) is 6.98. The van der Waals surface area contributed by atoms with E-state index in [1.807, 2.05) is 38.1 Å². The zero-order valence-electron chi connectivity index (χ0n) is 11.7. The Balaban J connectivity index is 2.46. The molecule has 2 rings (SSSR count). The molecular formula is C16H18ClNO2. The van der Waals surface area contributed by atoms with Gasteiger partial charge in [0, 0.05) is 16.3 Å². The van der Waals surface area contributed by atoms with Crippen LogP contribution in [0, 0.1) is 0 Å². The first-order valence-electron chi connectivity index (χ1n) is 6.60. The van der Waals surface area contributed by atoms with Gasteiger partial charge in [0.15, 0.2) is 11.5 Å². The van der Waals surface area contributed by atoms with E-state index in [4.69, 9.17) is 26.8 Å². The van der Waals surface area contributed by atoms with Gasteiger partial charge in [-0.1, -0.05) is 17.7 Å². The molecule has 106 valence electrons. The smallest absolute Gasteiger partial charge is 0.161 e. The molecule has 0 spiro atoms. The van der Waals surface area contributed by atoms with E-state index >= 15 is 0 Å². The molecule has 0 unspecified atom stereocenters. The number of nitrogens with two attached hydrogens (primary N) is 1. The number of rotatable bonds is 5. The molecule has 0 aromatic heterocycles. The molecule has 4 heteroatoms. The van der Waals surface area contributed by atoms with Crippen molar-refractivity contribution in [3.63, 3.8) is 0 Å². The van der Waals surface area contributed by atoms with Crippen LogP contribution in [-0.4, -0.2) is 13.2 Å². The van der Waals surface area contributed by atoms with E-state index in [2.05, 4.69) is 0 Å². The summed E-state index contributed by atoms with van der Waals surface area (Å²) >= 11 is 6.04. The van der Waals surface area contributed by atoms with E-state index in [-0.39, 0.29) is 0 Å². The number of hydrogen-bond donors (Lipinski definition) is 1. The first kappa shape index (κ1) is 14.5. The van der Waals surface area contributed by atoms with Crippen molar-refractivity contribution in [1.82, 2.24) is 0 Å². The van der Waals surface area contributed by atoms with Crippen LogP contribution in [0.25, 0.3) is 11.1 Å². The molecule has 0 aliphatic heterocycles. The lowest BCUT2D eigenvalue weighted by Crippen LogP contribution is -1.99. The number of nitrogen functional groups attached to an aromatic ring is 1. The third-order valence-corrected chi connectivity index (χ3v) is 3.10. The number of halogens is 1. The molecule has 0 saturated heterocycles. The highest BCUT2D eigenvalue weighted by atomic mass is 35.5. The van der Waals surface area contributed by atoms with Gasteiger partial charge in [-0.05, 0) is 49.7 Å². The van der Waals surface area contributed by atoms with Crippen molar-refractivity contribution in [1.29, 1.82) is 0 Å². The Morgan fingerprint density at radius 3 is 2.35 bits per heavy atom. The van der Waals surface area contributed by atoms with Crippen LogP contribution < -0.4 is 15.2 Å². The number of anilines is 1. The molecule has 2 aromatic rings. The van der Waals surface area contributed by atoms with Crippen molar-refractivity contribution < 1.29 is 9.47 Å². The molecule has 2 N–H and O–H groups in total. The molecule has 0 radical (unpaired) electrons. The Morgan fingerprint density at radius 1 is 0.950 bits per heavy atom. The number of hydrogen-bond acceptors (Lipinski definition) is 3. The van der Waals surface area contributed by atoms with Gasteiger partial charge in [-0.3, -0.25) is 0 Å². The predicted molar refractivity (Wildman–Crippen MR) is 83.6 cm³/mol. The maximum atomic E-state index is 6.04. The highest BCUT2D eigenvalue weighted by Crippen LogP contribution is 2.36.